The minimum absolute atomic E-state index is 0.212. The lowest BCUT2D eigenvalue weighted by Gasteiger charge is -2.14. The van der Waals surface area contributed by atoms with E-state index in [4.69, 9.17) is 4.74 Å². The van der Waals surface area contributed by atoms with Crippen molar-refractivity contribution in [2.75, 3.05) is 13.7 Å². The van der Waals surface area contributed by atoms with E-state index in [0.29, 0.717) is 11.1 Å². The molecule has 1 rings (SSSR count). The van der Waals surface area contributed by atoms with Crippen molar-refractivity contribution >= 4 is 41.9 Å². The molecule has 1 aromatic rings. The molecule has 4 nitrogen and oxygen atoms in total. The minimum Gasteiger partial charge on any atom is -0.383 e. The second-order valence-corrected chi connectivity index (χ2v) is 7.00. The molecule has 1 atom stereocenters. The highest BCUT2D eigenvalue weighted by atomic mass is 79.9. The van der Waals surface area contributed by atoms with E-state index in [1.807, 2.05) is 0 Å². The van der Waals surface area contributed by atoms with E-state index in [1.54, 1.807) is 19.1 Å². The van der Waals surface area contributed by atoms with Gasteiger partial charge in [-0.15, -0.1) is 0 Å². The summed E-state index contributed by atoms with van der Waals surface area (Å²) >= 11 is 6.50. The molecule has 1 N–H and O–H groups in total. The molecule has 1 aromatic carbocycles. The Bertz CT molecular complexity index is 490. The molecule has 7 heteroatoms. The number of ether oxygens (including phenoxy) is 1. The molecule has 0 spiro atoms. The fraction of sp³-hybridized carbons (Fsp3) is 0.400. The van der Waals surface area contributed by atoms with E-state index < -0.39 is 10.0 Å². The van der Waals surface area contributed by atoms with E-state index >= 15 is 0 Å². The molecule has 0 aromatic heterocycles. The number of halogens is 2. The Balaban J connectivity index is 2.97. The van der Waals surface area contributed by atoms with Gasteiger partial charge >= 0.3 is 0 Å². The van der Waals surface area contributed by atoms with Crippen LogP contribution in [-0.4, -0.2) is 28.2 Å². The van der Waals surface area contributed by atoms with Crippen LogP contribution in [0.2, 0.25) is 0 Å². The molecule has 96 valence electrons. The van der Waals surface area contributed by atoms with Crippen LogP contribution < -0.4 is 4.72 Å². The Morgan fingerprint density at radius 1 is 1.41 bits per heavy atom. The number of methoxy groups -OCH3 is 1. The first-order valence-electron chi connectivity index (χ1n) is 4.83. The second-order valence-electron chi connectivity index (χ2n) is 3.55. The van der Waals surface area contributed by atoms with Crippen molar-refractivity contribution < 1.29 is 13.2 Å². The highest BCUT2D eigenvalue weighted by Crippen LogP contribution is 2.25. The number of rotatable bonds is 5. The summed E-state index contributed by atoms with van der Waals surface area (Å²) in [4.78, 5) is 0.212. The molecular weight excluding hydrogens is 374 g/mol. The largest absolute Gasteiger partial charge is 0.383 e. The Morgan fingerprint density at radius 3 is 2.59 bits per heavy atom. The number of nitrogens with one attached hydrogen (secondary N) is 1. The van der Waals surface area contributed by atoms with Gasteiger partial charge in [0.2, 0.25) is 10.0 Å². The van der Waals surface area contributed by atoms with Crippen LogP contribution in [0.4, 0.5) is 0 Å². The molecule has 0 radical (unpaired) electrons. The third-order valence-corrected chi connectivity index (χ3v) is 5.02. The molecule has 0 saturated carbocycles. The SMILES string of the molecule is COCC(C)NS(=O)(=O)c1ccc(Br)cc1Br. The summed E-state index contributed by atoms with van der Waals surface area (Å²) in [5.41, 5.74) is 0. The zero-order chi connectivity index (χ0) is 13.1. The van der Waals surface area contributed by atoms with Crippen LogP contribution in [0.5, 0.6) is 0 Å². The lowest BCUT2D eigenvalue weighted by atomic mass is 10.4. The van der Waals surface area contributed by atoms with Gasteiger partial charge in [-0.05, 0) is 41.1 Å². The molecule has 0 aliphatic rings. The fourth-order valence-corrected chi connectivity index (χ4v) is 4.28. The van der Waals surface area contributed by atoms with E-state index in [9.17, 15) is 8.42 Å². The van der Waals surface area contributed by atoms with Gasteiger partial charge in [-0.2, -0.15) is 0 Å². The Kier molecular flexibility index (Phi) is 5.59. The van der Waals surface area contributed by atoms with Crippen molar-refractivity contribution in [3.05, 3.63) is 27.1 Å². The monoisotopic (exact) mass is 385 g/mol. The molecular formula is C10H13Br2NO3S. The standard InChI is InChI=1S/C10H13Br2NO3S/c1-7(6-16-2)13-17(14,15)10-4-3-8(11)5-9(10)12/h3-5,7,13H,6H2,1-2H3. The Labute approximate surface area is 118 Å². The topological polar surface area (TPSA) is 55.4 Å². The van der Waals surface area contributed by atoms with Gasteiger partial charge in [-0.3, -0.25) is 0 Å². The van der Waals surface area contributed by atoms with Gasteiger partial charge in [0.1, 0.15) is 0 Å². The molecule has 0 aliphatic heterocycles. The molecule has 0 heterocycles. The van der Waals surface area contributed by atoms with Crippen molar-refractivity contribution in [3.8, 4) is 0 Å². The van der Waals surface area contributed by atoms with Crippen molar-refractivity contribution in [1.82, 2.24) is 4.72 Å². The average Bonchev–Trinajstić information content (AvgIpc) is 2.15. The molecule has 0 amide bonds. The van der Waals surface area contributed by atoms with Crippen LogP contribution in [0.3, 0.4) is 0 Å². The summed E-state index contributed by atoms with van der Waals surface area (Å²) in [6.07, 6.45) is 0. The number of hydrogen-bond donors (Lipinski definition) is 1. The van der Waals surface area contributed by atoms with Crippen molar-refractivity contribution in [1.29, 1.82) is 0 Å². The van der Waals surface area contributed by atoms with Gasteiger partial charge in [-0.25, -0.2) is 13.1 Å². The number of hydrogen-bond acceptors (Lipinski definition) is 3. The smallest absolute Gasteiger partial charge is 0.242 e. The zero-order valence-corrected chi connectivity index (χ0v) is 13.4. The van der Waals surface area contributed by atoms with Gasteiger partial charge in [0, 0.05) is 22.1 Å². The van der Waals surface area contributed by atoms with Gasteiger partial charge in [0.15, 0.2) is 0 Å². The van der Waals surface area contributed by atoms with E-state index in [0.717, 1.165) is 4.47 Å². The van der Waals surface area contributed by atoms with Crippen LogP contribution in [0.15, 0.2) is 32.0 Å². The van der Waals surface area contributed by atoms with Gasteiger partial charge in [-0.1, -0.05) is 15.9 Å². The Morgan fingerprint density at radius 2 is 2.06 bits per heavy atom. The number of benzene rings is 1. The van der Waals surface area contributed by atoms with Crippen LogP contribution in [0.1, 0.15) is 6.92 Å². The van der Waals surface area contributed by atoms with Gasteiger partial charge in [0.05, 0.1) is 11.5 Å². The second kappa shape index (κ2) is 6.29. The molecule has 0 aliphatic carbocycles. The lowest BCUT2D eigenvalue weighted by molar-refractivity contribution is 0.180. The summed E-state index contributed by atoms with van der Waals surface area (Å²) in [6, 6.07) is 4.63. The predicted octanol–water partition coefficient (Wildman–Crippen LogP) is 2.52. The molecule has 0 bridgehead atoms. The third-order valence-electron chi connectivity index (χ3n) is 1.96. The summed E-state index contributed by atoms with van der Waals surface area (Å²) in [5.74, 6) is 0. The maximum Gasteiger partial charge on any atom is 0.242 e. The van der Waals surface area contributed by atoms with Gasteiger partial charge < -0.3 is 4.74 Å². The average molecular weight is 387 g/mol. The first kappa shape index (κ1) is 15.1. The molecule has 0 fully saturated rings. The minimum atomic E-state index is -3.53. The summed E-state index contributed by atoms with van der Waals surface area (Å²) in [5, 5.41) is 0. The van der Waals surface area contributed by atoms with E-state index in [2.05, 4.69) is 36.6 Å². The van der Waals surface area contributed by atoms with Crippen molar-refractivity contribution in [2.24, 2.45) is 0 Å². The maximum atomic E-state index is 12.0. The summed E-state index contributed by atoms with van der Waals surface area (Å²) in [7, 11) is -2.00. The molecule has 17 heavy (non-hydrogen) atoms. The summed E-state index contributed by atoms with van der Waals surface area (Å²) in [6.45, 7) is 2.07. The van der Waals surface area contributed by atoms with E-state index in [-0.39, 0.29) is 10.9 Å². The molecule has 0 saturated heterocycles. The quantitative estimate of drug-likeness (QED) is 0.845. The summed E-state index contributed by atoms with van der Waals surface area (Å²) < 4.78 is 32.8. The maximum absolute atomic E-state index is 12.0. The van der Waals surface area contributed by atoms with Crippen LogP contribution in [-0.2, 0) is 14.8 Å². The van der Waals surface area contributed by atoms with E-state index in [1.165, 1.54) is 13.2 Å². The van der Waals surface area contributed by atoms with Crippen LogP contribution in [0.25, 0.3) is 0 Å². The van der Waals surface area contributed by atoms with Crippen LogP contribution in [0, 0.1) is 0 Å². The van der Waals surface area contributed by atoms with Gasteiger partial charge in [0.25, 0.3) is 0 Å². The number of sulfonamides is 1. The first-order chi connectivity index (χ1) is 7.86. The lowest BCUT2D eigenvalue weighted by Crippen LogP contribution is -2.35. The molecule has 1 unspecified atom stereocenters. The van der Waals surface area contributed by atoms with Crippen molar-refractivity contribution in [3.63, 3.8) is 0 Å². The fourth-order valence-electron chi connectivity index (χ4n) is 1.31. The zero-order valence-electron chi connectivity index (χ0n) is 9.41. The highest BCUT2D eigenvalue weighted by molar-refractivity contribution is 9.11. The van der Waals surface area contributed by atoms with Crippen LogP contribution >= 0.6 is 31.9 Å². The normalized spacial score (nSPS) is 13.6. The first-order valence-corrected chi connectivity index (χ1v) is 7.90. The predicted molar refractivity (Wildman–Crippen MR) is 73.5 cm³/mol. The van der Waals surface area contributed by atoms with Crippen molar-refractivity contribution in [2.45, 2.75) is 17.9 Å². The third kappa shape index (κ3) is 4.33. The Hall–Kier alpha value is 0.0500. The highest BCUT2D eigenvalue weighted by Gasteiger charge is 2.20.